The molecule has 14 heteroatoms. The Kier molecular flexibility index (Phi) is 7.78. The smallest absolute Gasteiger partial charge is 0.435 e. The number of carbonyl (C=O) groups excluding carboxylic acids is 2. The van der Waals surface area contributed by atoms with Gasteiger partial charge in [0.05, 0.1) is 11.1 Å². The highest BCUT2D eigenvalue weighted by atomic mass is 32.2. The summed E-state index contributed by atoms with van der Waals surface area (Å²) in [5.74, 6) is -5.90. The van der Waals surface area contributed by atoms with E-state index in [0.717, 1.165) is 23.8 Å². The summed E-state index contributed by atoms with van der Waals surface area (Å²) in [6.07, 6.45) is -13.0. The van der Waals surface area contributed by atoms with Crippen LogP contribution < -0.4 is 4.74 Å². The first kappa shape index (κ1) is 29.9. The van der Waals surface area contributed by atoms with Crippen molar-refractivity contribution in [2.24, 2.45) is 0 Å². The summed E-state index contributed by atoms with van der Waals surface area (Å²) in [7, 11) is -5.95. The first-order valence-corrected chi connectivity index (χ1v) is 12.5. The Balaban J connectivity index is 2.10. The van der Waals surface area contributed by atoms with Crippen molar-refractivity contribution in [1.29, 1.82) is 0 Å². The Bertz CT molecular complexity index is 1520. The van der Waals surface area contributed by atoms with E-state index in [1.165, 1.54) is 18.2 Å². The SMILES string of the molecule is Cc1cc(C)c(OC(=O)c2cccc3c(C(=O)OC(CS(=O)(=O)O)(C(F)(F)F)C(F)(F)F)cccc23)c(C)c1. The summed E-state index contributed by atoms with van der Waals surface area (Å²) in [5.41, 5.74) is -4.43. The number of hydrogen-bond donors (Lipinski definition) is 1. The highest BCUT2D eigenvalue weighted by Gasteiger charge is 2.76. The Labute approximate surface area is 218 Å². The minimum Gasteiger partial charge on any atom is -0.435 e. The zero-order valence-electron chi connectivity index (χ0n) is 20.4. The van der Waals surface area contributed by atoms with Crippen LogP contribution >= 0.6 is 0 Å². The number of halogens is 6. The van der Waals surface area contributed by atoms with Crippen LogP contribution in [0.4, 0.5) is 26.3 Å². The molecule has 3 aromatic carbocycles. The number of esters is 2. The number of benzene rings is 3. The van der Waals surface area contributed by atoms with Gasteiger partial charge in [-0.05, 0) is 54.8 Å². The van der Waals surface area contributed by atoms with Crippen molar-refractivity contribution in [2.45, 2.75) is 38.7 Å². The monoisotopic (exact) mass is 578 g/mol. The van der Waals surface area contributed by atoms with Gasteiger partial charge in [0.2, 0.25) is 0 Å². The van der Waals surface area contributed by atoms with Crippen LogP contribution in [0.15, 0.2) is 48.5 Å². The van der Waals surface area contributed by atoms with Gasteiger partial charge in [-0.2, -0.15) is 34.8 Å². The van der Waals surface area contributed by atoms with Crippen molar-refractivity contribution in [3.8, 4) is 5.75 Å². The van der Waals surface area contributed by atoms with Gasteiger partial charge in [-0.15, -0.1) is 0 Å². The molecule has 7 nitrogen and oxygen atoms in total. The highest BCUT2D eigenvalue weighted by Crippen LogP contribution is 2.47. The second-order valence-corrected chi connectivity index (χ2v) is 10.2. The van der Waals surface area contributed by atoms with Crippen LogP contribution in [0.3, 0.4) is 0 Å². The van der Waals surface area contributed by atoms with Crippen LogP contribution in [0.1, 0.15) is 37.4 Å². The van der Waals surface area contributed by atoms with Crippen molar-refractivity contribution < 1.29 is 58.4 Å². The van der Waals surface area contributed by atoms with E-state index >= 15 is 0 Å². The summed E-state index contributed by atoms with van der Waals surface area (Å²) >= 11 is 0. The molecule has 0 heterocycles. The predicted octanol–water partition coefficient (Wildman–Crippen LogP) is 5.89. The molecule has 0 bridgehead atoms. The Morgan fingerprint density at radius 3 is 1.64 bits per heavy atom. The van der Waals surface area contributed by atoms with E-state index in [2.05, 4.69) is 4.74 Å². The fourth-order valence-corrected chi connectivity index (χ4v) is 4.98. The molecule has 0 radical (unpaired) electrons. The lowest BCUT2D eigenvalue weighted by Crippen LogP contribution is -2.63. The maximum Gasteiger partial charge on any atom is 0.438 e. The lowest BCUT2D eigenvalue weighted by atomic mass is 9.99. The third-order valence-electron chi connectivity index (χ3n) is 5.73. The van der Waals surface area contributed by atoms with E-state index in [0.29, 0.717) is 11.1 Å². The second kappa shape index (κ2) is 10.2. The van der Waals surface area contributed by atoms with Gasteiger partial charge in [0, 0.05) is 0 Å². The van der Waals surface area contributed by atoms with Crippen LogP contribution in [-0.4, -0.2) is 48.6 Å². The van der Waals surface area contributed by atoms with Crippen LogP contribution in [0.2, 0.25) is 0 Å². The van der Waals surface area contributed by atoms with E-state index < -0.39 is 51.3 Å². The Morgan fingerprint density at radius 1 is 0.795 bits per heavy atom. The number of fused-ring (bicyclic) bond motifs is 1. The molecule has 39 heavy (non-hydrogen) atoms. The van der Waals surface area contributed by atoms with Gasteiger partial charge in [-0.3, -0.25) is 4.55 Å². The standard InChI is InChI=1S/C25H20F6O7S/c1-13-10-14(2)20(15(3)11-13)37-21(32)18-8-4-7-17-16(18)6-5-9-19(17)22(33)38-23(24(26,27)28,25(29,30)31)12-39(34,35)36/h4-11H,12H2,1-3H3,(H,34,35,36). The van der Waals surface area contributed by atoms with Crippen LogP contribution in [-0.2, 0) is 14.9 Å². The number of ether oxygens (including phenoxy) is 2. The van der Waals surface area contributed by atoms with Crippen molar-refractivity contribution in [2.75, 3.05) is 5.75 Å². The van der Waals surface area contributed by atoms with Crippen molar-refractivity contribution >= 4 is 32.8 Å². The molecular formula is C25H20F6O7S. The fourth-order valence-electron chi connectivity index (χ4n) is 4.08. The maximum atomic E-state index is 13.6. The van der Waals surface area contributed by atoms with Gasteiger partial charge in [-0.25, -0.2) is 9.59 Å². The van der Waals surface area contributed by atoms with Crippen LogP contribution in [0.5, 0.6) is 5.75 Å². The van der Waals surface area contributed by atoms with E-state index in [-0.39, 0.29) is 22.1 Å². The topological polar surface area (TPSA) is 107 Å². The number of hydrogen-bond acceptors (Lipinski definition) is 6. The summed E-state index contributed by atoms with van der Waals surface area (Å²) < 4.78 is 122. The molecule has 0 aliphatic heterocycles. The largest absolute Gasteiger partial charge is 0.438 e. The first-order valence-electron chi connectivity index (χ1n) is 10.9. The summed E-state index contributed by atoms with van der Waals surface area (Å²) in [6.45, 7) is 5.22. The number of aryl methyl sites for hydroxylation is 3. The molecule has 0 fully saturated rings. The van der Waals surface area contributed by atoms with Gasteiger partial charge in [-0.1, -0.05) is 42.0 Å². The third-order valence-corrected chi connectivity index (χ3v) is 6.50. The summed E-state index contributed by atoms with van der Waals surface area (Å²) in [4.78, 5) is 25.7. The predicted molar refractivity (Wildman–Crippen MR) is 126 cm³/mol. The van der Waals surface area contributed by atoms with E-state index in [1.807, 2.05) is 6.92 Å². The quantitative estimate of drug-likeness (QED) is 0.168. The molecule has 3 aromatic rings. The zero-order chi connectivity index (χ0) is 29.6. The lowest BCUT2D eigenvalue weighted by molar-refractivity contribution is -0.356. The molecular weight excluding hydrogens is 558 g/mol. The van der Waals surface area contributed by atoms with Crippen LogP contribution in [0, 0.1) is 20.8 Å². The molecule has 0 spiro atoms. The van der Waals surface area contributed by atoms with E-state index in [4.69, 9.17) is 9.29 Å². The van der Waals surface area contributed by atoms with E-state index in [1.54, 1.807) is 26.0 Å². The molecule has 0 aliphatic rings. The number of alkyl halides is 6. The summed E-state index contributed by atoms with van der Waals surface area (Å²) in [5, 5.41) is -0.349. The van der Waals surface area contributed by atoms with Crippen molar-refractivity contribution in [3.05, 3.63) is 76.3 Å². The lowest BCUT2D eigenvalue weighted by Gasteiger charge is -2.35. The molecule has 210 valence electrons. The molecule has 0 aromatic heterocycles. The van der Waals surface area contributed by atoms with Gasteiger partial charge in [0.1, 0.15) is 11.5 Å². The molecule has 0 saturated heterocycles. The highest BCUT2D eigenvalue weighted by molar-refractivity contribution is 7.85. The maximum absolute atomic E-state index is 13.6. The normalized spacial score (nSPS) is 12.9. The molecule has 1 N–H and O–H groups in total. The van der Waals surface area contributed by atoms with Gasteiger partial charge >= 0.3 is 29.9 Å². The second-order valence-electron chi connectivity index (χ2n) is 8.76. The molecule has 0 aliphatic carbocycles. The molecule has 0 unspecified atom stereocenters. The first-order chi connectivity index (χ1) is 17.8. The third kappa shape index (κ3) is 6.01. The van der Waals surface area contributed by atoms with Gasteiger partial charge in [0.15, 0.2) is 0 Å². The molecule has 0 amide bonds. The molecule has 0 atom stereocenters. The fraction of sp³-hybridized carbons (Fsp3) is 0.280. The van der Waals surface area contributed by atoms with E-state index in [9.17, 15) is 44.3 Å². The Morgan fingerprint density at radius 2 is 1.23 bits per heavy atom. The number of carbonyl (C=O) groups is 2. The summed E-state index contributed by atoms with van der Waals surface area (Å²) in [6, 6.07) is 10.3. The minimum absolute atomic E-state index is 0.0706. The average Bonchev–Trinajstić information content (AvgIpc) is 2.77. The van der Waals surface area contributed by atoms with Gasteiger partial charge in [0.25, 0.3) is 10.1 Å². The minimum atomic E-state index is -6.49. The molecule has 3 rings (SSSR count). The van der Waals surface area contributed by atoms with Gasteiger partial charge < -0.3 is 9.47 Å². The van der Waals surface area contributed by atoms with Crippen molar-refractivity contribution in [1.82, 2.24) is 0 Å². The zero-order valence-corrected chi connectivity index (χ0v) is 21.2. The number of rotatable bonds is 6. The van der Waals surface area contributed by atoms with Crippen LogP contribution in [0.25, 0.3) is 10.8 Å². The van der Waals surface area contributed by atoms with Crippen molar-refractivity contribution in [3.63, 3.8) is 0 Å². The molecule has 0 saturated carbocycles. The average molecular weight is 578 g/mol. The Hall–Kier alpha value is -3.65.